The fraction of sp³-hybridized carbons (Fsp3) is 0.385. The number of hydrogen-bond donors (Lipinski definition) is 1. The molecule has 80 valence electrons. The maximum absolute atomic E-state index is 6.02. The van der Waals surface area contributed by atoms with Gasteiger partial charge in [-0.25, -0.2) is 0 Å². The van der Waals surface area contributed by atoms with Crippen LogP contribution < -0.4 is 5.32 Å². The normalized spacial score (nSPS) is 12.1. The molecular formula is C13H16ClN. The highest BCUT2D eigenvalue weighted by molar-refractivity contribution is 6.30. The van der Waals surface area contributed by atoms with Gasteiger partial charge in [0.25, 0.3) is 0 Å². The third-order valence-electron chi connectivity index (χ3n) is 2.24. The van der Waals surface area contributed by atoms with Crippen LogP contribution in [0.2, 0.25) is 5.02 Å². The first-order valence-electron chi connectivity index (χ1n) is 5.11. The second kappa shape index (κ2) is 5.80. The molecule has 0 amide bonds. The van der Waals surface area contributed by atoms with Crippen LogP contribution in [0, 0.1) is 19.3 Å². The lowest BCUT2D eigenvalue weighted by Crippen LogP contribution is -2.20. The van der Waals surface area contributed by atoms with Gasteiger partial charge in [0, 0.05) is 17.5 Å². The van der Waals surface area contributed by atoms with E-state index >= 15 is 0 Å². The number of halogens is 1. The summed E-state index contributed by atoms with van der Waals surface area (Å²) in [7, 11) is 0. The maximum atomic E-state index is 6.02. The summed E-state index contributed by atoms with van der Waals surface area (Å²) in [5.74, 6) is 2.68. The third kappa shape index (κ3) is 3.58. The molecule has 0 saturated heterocycles. The smallest absolute Gasteiger partial charge is 0.0431 e. The molecule has 1 atom stereocenters. The Kier molecular flexibility index (Phi) is 4.68. The van der Waals surface area contributed by atoms with Crippen LogP contribution in [0.15, 0.2) is 18.2 Å². The molecule has 1 rings (SSSR count). The fourth-order valence-corrected chi connectivity index (χ4v) is 1.94. The molecular weight excluding hydrogens is 206 g/mol. The van der Waals surface area contributed by atoms with Gasteiger partial charge in [-0.3, -0.25) is 0 Å². The highest BCUT2D eigenvalue weighted by atomic mass is 35.5. The Labute approximate surface area is 96.8 Å². The fourth-order valence-electron chi connectivity index (χ4n) is 1.64. The van der Waals surface area contributed by atoms with E-state index in [-0.39, 0.29) is 6.04 Å². The zero-order valence-corrected chi connectivity index (χ0v) is 9.93. The molecule has 0 saturated carbocycles. The minimum atomic E-state index is 0.206. The van der Waals surface area contributed by atoms with Gasteiger partial charge < -0.3 is 5.32 Å². The largest absolute Gasteiger partial charge is 0.309 e. The van der Waals surface area contributed by atoms with E-state index in [4.69, 9.17) is 18.0 Å². The molecule has 1 N–H and O–H groups in total. The lowest BCUT2D eigenvalue weighted by Gasteiger charge is -2.16. The quantitative estimate of drug-likeness (QED) is 0.770. The SMILES string of the molecule is C#CCC(NCC)c1cc(C)cc(Cl)c1. The average Bonchev–Trinajstić information content (AvgIpc) is 2.16. The van der Waals surface area contributed by atoms with Crippen LogP contribution in [-0.4, -0.2) is 6.54 Å². The predicted octanol–water partition coefficient (Wildman–Crippen LogP) is 3.32. The van der Waals surface area contributed by atoms with Gasteiger partial charge in [-0.05, 0) is 36.7 Å². The number of rotatable bonds is 4. The third-order valence-corrected chi connectivity index (χ3v) is 2.46. The summed E-state index contributed by atoms with van der Waals surface area (Å²) in [6.07, 6.45) is 6.04. The van der Waals surface area contributed by atoms with Crippen molar-refractivity contribution < 1.29 is 0 Å². The first-order chi connectivity index (χ1) is 7.17. The highest BCUT2D eigenvalue weighted by Crippen LogP contribution is 2.22. The molecule has 0 fully saturated rings. The van der Waals surface area contributed by atoms with Crippen LogP contribution in [-0.2, 0) is 0 Å². The first-order valence-corrected chi connectivity index (χ1v) is 5.49. The van der Waals surface area contributed by atoms with Gasteiger partial charge in [0.2, 0.25) is 0 Å². The minimum Gasteiger partial charge on any atom is -0.309 e. The topological polar surface area (TPSA) is 12.0 Å². The second-order valence-corrected chi connectivity index (χ2v) is 4.02. The molecule has 1 aromatic carbocycles. The van der Waals surface area contributed by atoms with Crippen LogP contribution >= 0.6 is 11.6 Å². The van der Waals surface area contributed by atoms with E-state index in [0.29, 0.717) is 6.42 Å². The van der Waals surface area contributed by atoms with Crippen molar-refractivity contribution in [3.8, 4) is 12.3 Å². The molecule has 0 aliphatic carbocycles. The van der Waals surface area contributed by atoms with E-state index in [1.807, 2.05) is 19.1 Å². The van der Waals surface area contributed by atoms with E-state index in [0.717, 1.165) is 17.1 Å². The molecule has 0 aromatic heterocycles. The van der Waals surface area contributed by atoms with Crippen molar-refractivity contribution in [2.24, 2.45) is 0 Å². The van der Waals surface area contributed by atoms with Crippen LogP contribution in [0.1, 0.15) is 30.5 Å². The number of nitrogens with one attached hydrogen (secondary N) is 1. The van der Waals surface area contributed by atoms with Crippen molar-refractivity contribution in [2.45, 2.75) is 26.3 Å². The Bertz CT molecular complexity index is 345. The van der Waals surface area contributed by atoms with Crippen molar-refractivity contribution in [2.75, 3.05) is 6.54 Å². The zero-order chi connectivity index (χ0) is 11.3. The van der Waals surface area contributed by atoms with Crippen LogP contribution in [0.5, 0.6) is 0 Å². The Balaban J connectivity index is 2.95. The molecule has 0 radical (unpaired) electrons. The molecule has 0 aliphatic rings. The van der Waals surface area contributed by atoms with Gasteiger partial charge in [-0.1, -0.05) is 24.6 Å². The standard InChI is InChI=1S/C13H16ClN/c1-4-6-13(15-5-2)11-7-10(3)8-12(14)9-11/h1,7-9,13,15H,5-6H2,2-3H3. The molecule has 2 heteroatoms. The van der Waals surface area contributed by atoms with Crippen LogP contribution in [0.4, 0.5) is 0 Å². The molecule has 0 aliphatic heterocycles. The average molecular weight is 222 g/mol. The predicted molar refractivity (Wildman–Crippen MR) is 66.1 cm³/mol. The van der Waals surface area contributed by atoms with Crippen molar-refractivity contribution in [1.82, 2.24) is 5.32 Å². The summed E-state index contributed by atoms with van der Waals surface area (Å²) in [5, 5.41) is 4.12. The van der Waals surface area contributed by atoms with Crippen molar-refractivity contribution >= 4 is 11.6 Å². The second-order valence-electron chi connectivity index (χ2n) is 3.58. The summed E-state index contributed by atoms with van der Waals surface area (Å²) in [5.41, 5.74) is 2.33. The number of benzene rings is 1. The summed E-state index contributed by atoms with van der Waals surface area (Å²) in [6, 6.07) is 6.25. The zero-order valence-electron chi connectivity index (χ0n) is 9.18. The van der Waals surface area contributed by atoms with Crippen molar-refractivity contribution in [3.05, 3.63) is 34.3 Å². The molecule has 0 bridgehead atoms. The Hall–Kier alpha value is -0.970. The Morgan fingerprint density at radius 1 is 1.47 bits per heavy atom. The molecule has 15 heavy (non-hydrogen) atoms. The number of aryl methyl sites for hydroxylation is 1. The summed E-state index contributed by atoms with van der Waals surface area (Å²) in [6.45, 7) is 5.01. The number of terminal acetylenes is 1. The molecule has 1 aromatic rings. The monoisotopic (exact) mass is 221 g/mol. The van der Waals surface area contributed by atoms with Gasteiger partial charge >= 0.3 is 0 Å². The maximum Gasteiger partial charge on any atom is 0.0431 e. The Morgan fingerprint density at radius 3 is 2.73 bits per heavy atom. The van der Waals surface area contributed by atoms with E-state index in [1.165, 1.54) is 5.56 Å². The van der Waals surface area contributed by atoms with E-state index in [9.17, 15) is 0 Å². The lowest BCUT2D eigenvalue weighted by atomic mass is 10.0. The molecule has 1 unspecified atom stereocenters. The van der Waals surface area contributed by atoms with Gasteiger partial charge in [0.1, 0.15) is 0 Å². The van der Waals surface area contributed by atoms with Gasteiger partial charge in [-0.15, -0.1) is 12.3 Å². The van der Waals surface area contributed by atoms with E-state index in [2.05, 4.69) is 24.2 Å². The lowest BCUT2D eigenvalue weighted by molar-refractivity contribution is 0.565. The van der Waals surface area contributed by atoms with Gasteiger partial charge in [0.05, 0.1) is 0 Å². The van der Waals surface area contributed by atoms with E-state index < -0.39 is 0 Å². The van der Waals surface area contributed by atoms with E-state index in [1.54, 1.807) is 0 Å². The molecule has 0 heterocycles. The highest BCUT2D eigenvalue weighted by Gasteiger charge is 2.09. The first kappa shape index (κ1) is 12.1. The molecule has 1 nitrogen and oxygen atoms in total. The minimum absolute atomic E-state index is 0.206. The van der Waals surface area contributed by atoms with Crippen LogP contribution in [0.3, 0.4) is 0 Å². The van der Waals surface area contributed by atoms with Gasteiger partial charge in [0.15, 0.2) is 0 Å². The summed E-state index contributed by atoms with van der Waals surface area (Å²) >= 11 is 6.02. The van der Waals surface area contributed by atoms with Crippen LogP contribution in [0.25, 0.3) is 0 Å². The molecule has 0 spiro atoms. The summed E-state index contributed by atoms with van der Waals surface area (Å²) in [4.78, 5) is 0. The van der Waals surface area contributed by atoms with Gasteiger partial charge in [-0.2, -0.15) is 0 Å². The summed E-state index contributed by atoms with van der Waals surface area (Å²) < 4.78 is 0. The Morgan fingerprint density at radius 2 is 2.20 bits per heavy atom. The van der Waals surface area contributed by atoms with Crippen molar-refractivity contribution in [1.29, 1.82) is 0 Å². The number of hydrogen-bond acceptors (Lipinski definition) is 1. The van der Waals surface area contributed by atoms with Crippen molar-refractivity contribution in [3.63, 3.8) is 0 Å².